The van der Waals surface area contributed by atoms with Gasteiger partial charge in [-0.3, -0.25) is 4.68 Å². The van der Waals surface area contributed by atoms with Crippen molar-refractivity contribution in [3.63, 3.8) is 0 Å². The molecule has 0 aromatic carbocycles. The summed E-state index contributed by atoms with van der Waals surface area (Å²) >= 11 is 0. The lowest BCUT2D eigenvalue weighted by Gasteiger charge is -2.29. The fourth-order valence-electron chi connectivity index (χ4n) is 2.98. The minimum absolute atomic E-state index is 0.783. The Labute approximate surface area is 131 Å². The SMILES string of the molecule is Cc1nn(C)c(N2CCOCC2)c1CNCc1ccoc1C. The summed E-state index contributed by atoms with van der Waals surface area (Å²) in [5.74, 6) is 2.18. The normalized spacial score (nSPS) is 15.5. The van der Waals surface area contributed by atoms with Crippen LogP contribution in [0.4, 0.5) is 5.82 Å². The maximum absolute atomic E-state index is 5.45. The van der Waals surface area contributed by atoms with E-state index in [2.05, 4.69) is 22.2 Å². The van der Waals surface area contributed by atoms with Gasteiger partial charge in [-0.25, -0.2) is 0 Å². The Morgan fingerprint density at radius 3 is 2.68 bits per heavy atom. The van der Waals surface area contributed by atoms with Crippen molar-refractivity contribution in [2.75, 3.05) is 31.2 Å². The largest absolute Gasteiger partial charge is 0.469 e. The van der Waals surface area contributed by atoms with E-state index in [9.17, 15) is 0 Å². The van der Waals surface area contributed by atoms with Gasteiger partial charge in [-0.1, -0.05) is 0 Å². The third-order valence-corrected chi connectivity index (χ3v) is 4.21. The van der Waals surface area contributed by atoms with Gasteiger partial charge >= 0.3 is 0 Å². The highest BCUT2D eigenvalue weighted by molar-refractivity contribution is 5.50. The monoisotopic (exact) mass is 304 g/mol. The van der Waals surface area contributed by atoms with E-state index >= 15 is 0 Å². The number of aromatic nitrogens is 2. The predicted molar refractivity (Wildman–Crippen MR) is 85.0 cm³/mol. The Hall–Kier alpha value is -1.79. The number of aryl methyl sites for hydroxylation is 3. The van der Waals surface area contributed by atoms with Crippen molar-refractivity contribution in [3.05, 3.63) is 34.9 Å². The molecule has 0 unspecified atom stereocenters. The number of morpholine rings is 1. The summed E-state index contributed by atoms with van der Waals surface area (Å²) < 4.78 is 12.8. The molecule has 3 rings (SSSR count). The Morgan fingerprint density at radius 1 is 1.23 bits per heavy atom. The molecule has 1 aliphatic rings. The standard InChI is InChI=1S/C16H24N4O2/c1-12-15(11-17-10-14-4-7-22-13(14)2)16(19(3)18-12)20-5-8-21-9-6-20/h4,7,17H,5-6,8-11H2,1-3H3. The molecule has 120 valence electrons. The van der Waals surface area contributed by atoms with E-state index < -0.39 is 0 Å². The smallest absolute Gasteiger partial charge is 0.131 e. The lowest BCUT2D eigenvalue weighted by atomic mass is 10.2. The number of furan rings is 1. The van der Waals surface area contributed by atoms with Gasteiger partial charge in [-0.05, 0) is 19.9 Å². The van der Waals surface area contributed by atoms with E-state index in [-0.39, 0.29) is 0 Å². The van der Waals surface area contributed by atoms with Crippen molar-refractivity contribution in [2.45, 2.75) is 26.9 Å². The van der Waals surface area contributed by atoms with Crippen LogP contribution in [0.2, 0.25) is 0 Å². The number of anilines is 1. The molecule has 0 saturated carbocycles. The minimum Gasteiger partial charge on any atom is -0.469 e. The molecule has 0 bridgehead atoms. The van der Waals surface area contributed by atoms with Crippen LogP contribution in [0.5, 0.6) is 0 Å². The molecule has 1 aliphatic heterocycles. The molecule has 1 N–H and O–H groups in total. The van der Waals surface area contributed by atoms with Gasteiger partial charge in [0.1, 0.15) is 11.6 Å². The summed E-state index contributed by atoms with van der Waals surface area (Å²) in [7, 11) is 2.02. The highest BCUT2D eigenvalue weighted by atomic mass is 16.5. The van der Waals surface area contributed by atoms with Crippen LogP contribution in [0, 0.1) is 13.8 Å². The third kappa shape index (κ3) is 3.03. The highest BCUT2D eigenvalue weighted by Crippen LogP contribution is 2.24. The molecule has 22 heavy (non-hydrogen) atoms. The van der Waals surface area contributed by atoms with E-state index in [0.29, 0.717) is 0 Å². The van der Waals surface area contributed by atoms with Gasteiger partial charge in [-0.15, -0.1) is 0 Å². The van der Waals surface area contributed by atoms with Crippen LogP contribution in [0.3, 0.4) is 0 Å². The fraction of sp³-hybridized carbons (Fsp3) is 0.562. The van der Waals surface area contributed by atoms with Crippen LogP contribution >= 0.6 is 0 Å². The summed E-state index contributed by atoms with van der Waals surface area (Å²) in [4.78, 5) is 2.36. The number of ether oxygens (including phenoxy) is 1. The Bertz CT molecular complexity index is 626. The van der Waals surface area contributed by atoms with Gasteiger partial charge in [-0.2, -0.15) is 5.10 Å². The van der Waals surface area contributed by atoms with Gasteiger partial charge in [0, 0.05) is 44.4 Å². The van der Waals surface area contributed by atoms with Crippen molar-refractivity contribution >= 4 is 5.82 Å². The van der Waals surface area contributed by atoms with Crippen LogP contribution in [0.15, 0.2) is 16.7 Å². The molecule has 2 aromatic rings. The second-order valence-electron chi connectivity index (χ2n) is 5.72. The van der Waals surface area contributed by atoms with E-state index in [1.807, 2.05) is 24.7 Å². The lowest BCUT2D eigenvalue weighted by Crippen LogP contribution is -2.38. The van der Waals surface area contributed by atoms with E-state index in [1.165, 1.54) is 16.9 Å². The first-order valence-corrected chi connectivity index (χ1v) is 7.75. The van der Waals surface area contributed by atoms with Crippen LogP contribution in [0.25, 0.3) is 0 Å². The van der Waals surface area contributed by atoms with Crippen molar-refractivity contribution < 1.29 is 9.15 Å². The molecule has 0 radical (unpaired) electrons. The average Bonchev–Trinajstić information content (AvgIpc) is 3.04. The lowest BCUT2D eigenvalue weighted by molar-refractivity contribution is 0.122. The highest BCUT2D eigenvalue weighted by Gasteiger charge is 2.21. The topological polar surface area (TPSA) is 55.5 Å². The maximum Gasteiger partial charge on any atom is 0.131 e. The van der Waals surface area contributed by atoms with Crippen LogP contribution in [0.1, 0.15) is 22.6 Å². The van der Waals surface area contributed by atoms with E-state index in [1.54, 1.807) is 6.26 Å². The summed E-state index contributed by atoms with van der Waals surface area (Å²) in [5, 5.41) is 8.10. The Morgan fingerprint density at radius 2 is 2.00 bits per heavy atom. The first kappa shape index (κ1) is 15.1. The zero-order chi connectivity index (χ0) is 15.5. The number of rotatable bonds is 5. The maximum atomic E-state index is 5.45. The van der Waals surface area contributed by atoms with Gasteiger partial charge in [0.2, 0.25) is 0 Å². The predicted octanol–water partition coefficient (Wildman–Crippen LogP) is 1.76. The first-order valence-electron chi connectivity index (χ1n) is 7.75. The van der Waals surface area contributed by atoms with Gasteiger partial charge in [0.25, 0.3) is 0 Å². The molecule has 0 atom stereocenters. The molecule has 1 saturated heterocycles. The number of hydrogen-bond acceptors (Lipinski definition) is 5. The molecule has 6 nitrogen and oxygen atoms in total. The number of nitrogens with one attached hydrogen (secondary N) is 1. The molecule has 0 aliphatic carbocycles. The summed E-state index contributed by atoms with van der Waals surface area (Å²) in [6.07, 6.45) is 1.74. The average molecular weight is 304 g/mol. The number of nitrogens with zero attached hydrogens (tertiary/aromatic N) is 3. The first-order chi connectivity index (χ1) is 10.7. The minimum atomic E-state index is 0.783. The quantitative estimate of drug-likeness (QED) is 0.912. The molecule has 2 aromatic heterocycles. The van der Waals surface area contributed by atoms with Crippen molar-refractivity contribution in [1.82, 2.24) is 15.1 Å². The molecule has 0 spiro atoms. The molecular formula is C16H24N4O2. The third-order valence-electron chi connectivity index (χ3n) is 4.21. The van der Waals surface area contributed by atoms with E-state index in [0.717, 1.165) is 50.8 Å². The second-order valence-corrected chi connectivity index (χ2v) is 5.72. The van der Waals surface area contributed by atoms with E-state index in [4.69, 9.17) is 9.15 Å². The van der Waals surface area contributed by atoms with Crippen LogP contribution < -0.4 is 10.2 Å². The molecule has 6 heteroatoms. The zero-order valence-electron chi connectivity index (χ0n) is 13.6. The number of hydrogen-bond donors (Lipinski definition) is 1. The molecule has 3 heterocycles. The van der Waals surface area contributed by atoms with Crippen LogP contribution in [-0.4, -0.2) is 36.1 Å². The summed E-state index contributed by atoms with van der Waals surface area (Å²) in [5.41, 5.74) is 3.56. The van der Waals surface area contributed by atoms with Gasteiger partial charge in [0.15, 0.2) is 0 Å². The summed E-state index contributed by atoms with van der Waals surface area (Å²) in [6.45, 7) is 9.09. The Balaban J connectivity index is 1.71. The molecular weight excluding hydrogens is 280 g/mol. The van der Waals surface area contributed by atoms with Gasteiger partial charge in [0.05, 0.1) is 25.2 Å². The summed E-state index contributed by atoms with van der Waals surface area (Å²) in [6, 6.07) is 2.02. The fourth-order valence-corrected chi connectivity index (χ4v) is 2.98. The van der Waals surface area contributed by atoms with Crippen molar-refractivity contribution in [1.29, 1.82) is 0 Å². The van der Waals surface area contributed by atoms with Crippen LogP contribution in [-0.2, 0) is 24.9 Å². The van der Waals surface area contributed by atoms with Crippen molar-refractivity contribution in [2.24, 2.45) is 7.05 Å². The zero-order valence-corrected chi connectivity index (χ0v) is 13.6. The van der Waals surface area contributed by atoms with Gasteiger partial charge < -0.3 is 19.4 Å². The second kappa shape index (κ2) is 6.54. The van der Waals surface area contributed by atoms with Crippen molar-refractivity contribution in [3.8, 4) is 0 Å². The molecule has 0 amide bonds. The molecule has 1 fully saturated rings. The Kier molecular flexibility index (Phi) is 4.49.